The topological polar surface area (TPSA) is 78.9 Å². The van der Waals surface area contributed by atoms with E-state index in [4.69, 9.17) is 14.2 Å². The summed E-state index contributed by atoms with van der Waals surface area (Å²) in [6, 6.07) is 0. The van der Waals surface area contributed by atoms with Crippen LogP contribution in [0, 0.1) is 0 Å². The van der Waals surface area contributed by atoms with Crippen LogP contribution in [0.4, 0.5) is 0 Å². The largest absolute Gasteiger partial charge is 0.462 e. The number of hydrogen-bond acceptors (Lipinski definition) is 6. The van der Waals surface area contributed by atoms with Gasteiger partial charge in [-0.05, 0) is 128 Å². The highest BCUT2D eigenvalue weighted by atomic mass is 16.6. The number of hydrogen-bond donors (Lipinski definition) is 0. The van der Waals surface area contributed by atoms with Crippen molar-refractivity contribution in [3.63, 3.8) is 0 Å². The number of allylic oxidation sites excluding steroid dienone is 18. The van der Waals surface area contributed by atoms with E-state index in [9.17, 15) is 14.4 Å². The van der Waals surface area contributed by atoms with Gasteiger partial charge in [-0.1, -0.05) is 265 Å². The molecule has 0 bridgehead atoms. The van der Waals surface area contributed by atoms with Crippen molar-refractivity contribution in [2.45, 2.75) is 309 Å². The first-order valence-electron chi connectivity index (χ1n) is 32.4. The molecule has 0 aromatic rings. The summed E-state index contributed by atoms with van der Waals surface area (Å²) in [6.07, 6.45) is 87.9. The minimum absolute atomic E-state index is 0.0913. The maximum Gasteiger partial charge on any atom is 0.306 e. The molecule has 6 heteroatoms. The SMILES string of the molecule is CC/C=C\C/C=C\C/C=C\C/C=C\C/C=C\CCCCCCCC(=O)OCC(COC(=O)CCCCCCCCCCC/C=C\CCCCCCCC)OC(=O)CCCCCCCC/C=C\C/C=C\C/C=C\CCCCC. The minimum Gasteiger partial charge on any atom is -0.462 e. The summed E-state index contributed by atoms with van der Waals surface area (Å²) in [7, 11) is 0. The van der Waals surface area contributed by atoms with Crippen molar-refractivity contribution < 1.29 is 28.6 Å². The zero-order valence-corrected chi connectivity index (χ0v) is 50.4. The molecule has 0 saturated carbocycles. The maximum atomic E-state index is 12.9. The van der Waals surface area contributed by atoms with Gasteiger partial charge >= 0.3 is 17.9 Å². The number of carbonyl (C=O) groups excluding carboxylic acids is 3. The van der Waals surface area contributed by atoms with E-state index in [1.54, 1.807) is 0 Å². The smallest absolute Gasteiger partial charge is 0.306 e. The minimum atomic E-state index is -0.798. The van der Waals surface area contributed by atoms with Crippen molar-refractivity contribution in [1.29, 1.82) is 0 Å². The van der Waals surface area contributed by atoms with Crippen LogP contribution in [0.1, 0.15) is 303 Å². The first-order valence-corrected chi connectivity index (χ1v) is 32.4. The van der Waals surface area contributed by atoms with Crippen LogP contribution in [0.3, 0.4) is 0 Å². The third-order valence-electron chi connectivity index (χ3n) is 13.7. The second-order valence-electron chi connectivity index (χ2n) is 21.3. The summed E-state index contributed by atoms with van der Waals surface area (Å²) in [5, 5.41) is 0. The van der Waals surface area contributed by atoms with E-state index in [-0.39, 0.29) is 31.1 Å². The lowest BCUT2D eigenvalue weighted by atomic mass is 10.1. The fourth-order valence-electron chi connectivity index (χ4n) is 8.88. The number of carbonyl (C=O) groups is 3. The summed E-state index contributed by atoms with van der Waals surface area (Å²) in [6.45, 7) is 6.49. The van der Waals surface area contributed by atoms with E-state index in [2.05, 4.69) is 130 Å². The first kappa shape index (κ1) is 73.1. The molecule has 77 heavy (non-hydrogen) atoms. The van der Waals surface area contributed by atoms with Crippen molar-refractivity contribution >= 4 is 17.9 Å². The molecule has 6 nitrogen and oxygen atoms in total. The zero-order valence-electron chi connectivity index (χ0n) is 50.4. The van der Waals surface area contributed by atoms with Gasteiger partial charge < -0.3 is 14.2 Å². The van der Waals surface area contributed by atoms with E-state index >= 15 is 0 Å². The van der Waals surface area contributed by atoms with Gasteiger partial charge in [0.15, 0.2) is 6.10 Å². The van der Waals surface area contributed by atoms with Gasteiger partial charge in [0, 0.05) is 19.3 Å². The van der Waals surface area contributed by atoms with Gasteiger partial charge in [-0.2, -0.15) is 0 Å². The number of ether oxygens (including phenoxy) is 3. The molecule has 0 N–H and O–H groups in total. The molecule has 0 spiro atoms. The summed E-state index contributed by atoms with van der Waals surface area (Å²) in [5.41, 5.74) is 0. The van der Waals surface area contributed by atoms with Crippen LogP contribution in [0.15, 0.2) is 109 Å². The van der Waals surface area contributed by atoms with E-state index in [1.165, 1.54) is 128 Å². The summed E-state index contributed by atoms with van der Waals surface area (Å²) in [5.74, 6) is -0.917. The lowest BCUT2D eigenvalue weighted by molar-refractivity contribution is -0.167. The van der Waals surface area contributed by atoms with Crippen molar-refractivity contribution in [1.82, 2.24) is 0 Å². The lowest BCUT2D eigenvalue weighted by Crippen LogP contribution is -2.30. The van der Waals surface area contributed by atoms with Crippen molar-refractivity contribution in [3.05, 3.63) is 109 Å². The van der Waals surface area contributed by atoms with Gasteiger partial charge in [-0.3, -0.25) is 14.4 Å². The molecular weight excluding hydrogens is 949 g/mol. The highest BCUT2D eigenvalue weighted by molar-refractivity contribution is 5.71. The van der Waals surface area contributed by atoms with E-state index in [0.29, 0.717) is 19.3 Å². The summed E-state index contributed by atoms with van der Waals surface area (Å²) in [4.78, 5) is 38.4. The highest BCUT2D eigenvalue weighted by Crippen LogP contribution is 2.15. The summed E-state index contributed by atoms with van der Waals surface area (Å²) < 4.78 is 16.9. The molecule has 0 amide bonds. The fourth-order valence-corrected chi connectivity index (χ4v) is 8.88. The molecule has 440 valence electrons. The predicted octanol–water partition coefficient (Wildman–Crippen LogP) is 22.2. The quantitative estimate of drug-likeness (QED) is 0.0261. The number of rotatable bonds is 58. The Balaban J connectivity index is 4.46. The van der Waals surface area contributed by atoms with E-state index < -0.39 is 6.10 Å². The van der Waals surface area contributed by atoms with Gasteiger partial charge in [-0.25, -0.2) is 0 Å². The van der Waals surface area contributed by atoms with Crippen LogP contribution >= 0.6 is 0 Å². The zero-order chi connectivity index (χ0) is 55.7. The maximum absolute atomic E-state index is 12.9. The van der Waals surface area contributed by atoms with Gasteiger partial charge in [0.25, 0.3) is 0 Å². The molecule has 0 radical (unpaired) electrons. The molecule has 0 aliphatic carbocycles. The number of unbranched alkanes of at least 4 members (excludes halogenated alkanes) is 29. The molecule has 0 heterocycles. The van der Waals surface area contributed by atoms with Gasteiger partial charge in [0.2, 0.25) is 0 Å². The fraction of sp³-hybridized carbons (Fsp3) is 0.704. The van der Waals surface area contributed by atoms with Crippen molar-refractivity contribution in [2.75, 3.05) is 13.2 Å². The van der Waals surface area contributed by atoms with Crippen LogP contribution < -0.4 is 0 Å². The predicted molar refractivity (Wildman–Crippen MR) is 334 cm³/mol. The Kier molecular flexibility index (Phi) is 61.3. The third kappa shape index (κ3) is 62.8. The Hall–Kier alpha value is -3.93. The molecule has 0 saturated heterocycles. The van der Waals surface area contributed by atoms with Crippen LogP contribution in [0.25, 0.3) is 0 Å². The molecule has 0 aromatic carbocycles. The molecule has 1 unspecified atom stereocenters. The summed E-state index contributed by atoms with van der Waals surface area (Å²) >= 11 is 0. The molecule has 0 aromatic heterocycles. The molecule has 0 fully saturated rings. The molecular formula is C71H120O6. The Labute approximate surface area is 476 Å². The first-order chi connectivity index (χ1) is 38.0. The van der Waals surface area contributed by atoms with Crippen LogP contribution in [-0.2, 0) is 28.6 Å². The van der Waals surface area contributed by atoms with Crippen molar-refractivity contribution in [3.8, 4) is 0 Å². The second-order valence-corrected chi connectivity index (χ2v) is 21.3. The van der Waals surface area contributed by atoms with Gasteiger partial charge in [0.1, 0.15) is 13.2 Å². The standard InChI is InChI=1S/C71H120O6/c1-4-7-10-13-16-19-22-25-28-31-34-35-38-40-43-46-49-52-55-58-61-64-70(73)76-67-68(77-71(74)65-62-59-56-53-50-47-44-41-37-33-30-27-24-21-18-15-12-9-6-3)66-75-69(72)63-60-57-54-51-48-45-42-39-36-32-29-26-23-20-17-14-11-8-5-2/h7,10,16,18-19,21,25-30,34-35,37,40-41,43,68H,4-6,8-9,11-15,17,20,22-24,31-33,36,38-39,42,44-67H2,1-3H3/b10-7-,19-16-,21-18-,28-25-,29-26-,30-27-,35-34-,41-37-,43-40-. The Morgan fingerprint density at radius 1 is 0.273 bits per heavy atom. The molecule has 0 aliphatic heterocycles. The molecule has 0 rings (SSSR count). The van der Waals surface area contributed by atoms with Crippen molar-refractivity contribution in [2.24, 2.45) is 0 Å². The molecule has 1 atom stereocenters. The Morgan fingerprint density at radius 3 is 0.831 bits per heavy atom. The van der Waals surface area contributed by atoms with Crippen LogP contribution in [0.2, 0.25) is 0 Å². The average Bonchev–Trinajstić information content (AvgIpc) is 3.43. The third-order valence-corrected chi connectivity index (χ3v) is 13.7. The Morgan fingerprint density at radius 2 is 0.506 bits per heavy atom. The number of esters is 3. The van der Waals surface area contributed by atoms with Gasteiger partial charge in [-0.15, -0.1) is 0 Å². The second kappa shape index (κ2) is 64.6. The van der Waals surface area contributed by atoms with E-state index in [0.717, 1.165) is 135 Å². The average molecular weight is 1070 g/mol. The monoisotopic (exact) mass is 1070 g/mol. The van der Waals surface area contributed by atoms with Crippen LogP contribution in [0.5, 0.6) is 0 Å². The molecule has 0 aliphatic rings. The Bertz CT molecular complexity index is 1560. The van der Waals surface area contributed by atoms with Gasteiger partial charge in [0.05, 0.1) is 0 Å². The normalized spacial score (nSPS) is 12.8. The van der Waals surface area contributed by atoms with Crippen LogP contribution in [-0.4, -0.2) is 37.2 Å². The van der Waals surface area contributed by atoms with E-state index in [1.807, 2.05) is 0 Å². The highest BCUT2D eigenvalue weighted by Gasteiger charge is 2.19. The lowest BCUT2D eigenvalue weighted by Gasteiger charge is -2.18.